The highest BCUT2D eigenvalue weighted by Crippen LogP contribution is 2.31. The Morgan fingerprint density at radius 2 is 1.56 bits per heavy atom. The monoisotopic (exact) mass is 584 g/mol. The van der Waals surface area contributed by atoms with Gasteiger partial charge in [0.25, 0.3) is 0 Å². The topological polar surface area (TPSA) is 110 Å². The van der Waals surface area contributed by atoms with Crippen molar-refractivity contribution in [3.8, 4) is 5.75 Å². The Morgan fingerprint density at radius 1 is 0.949 bits per heavy atom. The van der Waals surface area contributed by atoms with E-state index in [1.807, 2.05) is 6.92 Å². The number of alkyl halides is 3. The second kappa shape index (κ2) is 11.8. The molecular weight excluding hydrogens is 557 g/mol. The molecular formula is C26H27F3N2O6S2. The third kappa shape index (κ3) is 7.58. The van der Waals surface area contributed by atoms with E-state index in [0.717, 1.165) is 18.2 Å². The van der Waals surface area contributed by atoms with Crippen molar-refractivity contribution in [2.45, 2.75) is 55.7 Å². The summed E-state index contributed by atoms with van der Waals surface area (Å²) in [6.07, 6.45) is -4.21. The Labute approximate surface area is 225 Å². The second-order valence-electron chi connectivity index (χ2n) is 8.72. The van der Waals surface area contributed by atoms with Crippen molar-refractivity contribution < 1.29 is 39.0 Å². The van der Waals surface area contributed by atoms with Crippen LogP contribution in [-0.4, -0.2) is 33.1 Å². The van der Waals surface area contributed by atoms with Crippen LogP contribution in [0.2, 0.25) is 0 Å². The molecule has 0 aliphatic carbocycles. The number of nitrogens with one attached hydrogen (secondary N) is 1. The standard InChI is InChI=1S/C26H27F3N2O6S2/c1-4-18(2)31(38(33,34)24-14-10-22(11-15-24)30-19(3)32)17-20-8-12-23(13-9-20)37-39(35,36)25-7-5-6-21(16-25)26(27,28)29/h5-16,18H,4,17H2,1-3H3,(H,30,32). The molecule has 0 saturated heterocycles. The fourth-order valence-corrected chi connectivity index (χ4v) is 6.23. The van der Waals surface area contributed by atoms with Crippen LogP contribution in [0.15, 0.2) is 82.6 Å². The molecule has 1 atom stereocenters. The van der Waals surface area contributed by atoms with Crippen molar-refractivity contribution in [3.63, 3.8) is 0 Å². The van der Waals surface area contributed by atoms with E-state index in [9.17, 15) is 34.8 Å². The molecule has 39 heavy (non-hydrogen) atoms. The number of halogens is 3. The van der Waals surface area contributed by atoms with Crippen LogP contribution >= 0.6 is 0 Å². The molecule has 3 rings (SSSR count). The van der Waals surface area contributed by atoms with Crippen molar-refractivity contribution in [2.24, 2.45) is 0 Å². The van der Waals surface area contributed by atoms with E-state index < -0.39 is 36.8 Å². The van der Waals surface area contributed by atoms with Gasteiger partial charge in [-0.25, -0.2) is 8.42 Å². The van der Waals surface area contributed by atoms with E-state index in [2.05, 4.69) is 5.32 Å². The van der Waals surface area contributed by atoms with Gasteiger partial charge in [-0.15, -0.1) is 0 Å². The maximum Gasteiger partial charge on any atom is 0.416 e. The van der Waals surface area contributed by atoms with Crippen molar-refractivity contribution in [3.05, 3.63) is 83.9 Å². The second-order valence-corrected chi connectivity index (χ2v) is 12.2. The van der Waals surface area contributed by atoms with Crippen LogP contribution in [0, 0.1) is 0 Å². The fraction of sp³-hybridized carbons (Fsp3) is 0.269. The van der Waals surface area contributed by atoms with Gasteiger partial charge in [0.1, 0.15) is 10.6 Å². The Bertz CT molecular complexity index is 1520. The number of rotatable bonds is 10. The van der Waals surface area contributed by atoms with Crippen molar-refractivity contribution in [1.29, 1.82) is 0 Å². The number of benzene rings is 3. The van der Waals surface area contributed by atoms with E-state index >= 15 is 0 Å². The molecule has 3 aromatic rings. The Hall–Kier alpha value is -3.42. The number of hydrogen-bond donors (Lipinski definition) is 1. The zero-order chi connectivity index (χ0) is 29.0. The van der Waals surface area contributed by atoms with Crippen LogP contribution in [-0.2, 0) is 37.7 Å². The quantitative estimate of drug-likeness (QED) is 0.319. The molecule has 0 aliphatic rings. The predicted octanol–water partition coefficient (Wildman–Crippen LogP) is 5.42. The Balaban J connectivity index is 1.81. The normalized spacial score (nSPS) is 13.2. The van der Waals surface area contributed by atoms with Crippen LogP contribution in [0.4, 0.5) is 18.9 Å². The first kappa shape index (κ1) is 30.1. The van der Waals surface area contributed by atoms with Gasteiger partial charge in [-0.1, -0.05) is 25.1 Å². The molecule has 13 heteroatoms. The predicted molar refractivity (Wildman–Crippen MR) is 139 cm³/mol. The van der Waals surface area contributed by atoms with Gasteiger partial charge in [-0.3, -0.25) is 4.79 Å². The minimum Gasteiger partial charge on any atom is -0.379 e. The minimum absolute atomic E-state index is 0.0315. The third-order valence-electron chi connectivity index (χ3n) is 5.78. The van der Waals surface area contributed by atoms with Gasteiger partial charge >= 0.3 is 16.3 Å². The molecule has 8 nitrogen and oxygen atoms in total. The van der Waals surface area contributed by atoms with E-state index in [1.165, 1.54) is 59.8 Å². The minimum atomic E-state index is -4.72. The molecule has 1 N–H and O–H groups in total. The van der Waals surface area contributed by atoms with Gasteiger partial charge in [0.15, 0.2) is 0 Å². The molecule has 0 saturated carbocycles. The number of hydrogen-bond acceptors (Lipinski definition) is 6. The molecule has 0 radical (unpaired) electrons. The average Bonchev–Trinajstić information content (AvgIpc) is 2.87. The number of anilines is 1. The van der Waals surface area contributed by atoms with E-state index in [1.54, 1.807) is 6.92 Å². The summed E-state index contributed by atoms with van der Waals surface area (Å²) in [5, 5.41) is 2.58. The molecule has 1 unspecified atom stereocenters. The smallest absolute Gasteiger partial charge is 0.379 e. The summed E-state index contributed by atoms with van der Waals surface area (Å²) in [7, 11) is -8.50. The number of amides is 1. The zero-order valence-corrected chi connectivity index (χ0v) is 22.9. The summed E-state index contributed by atoms with van der Waals surface area (Å²) in [4.78, 5) is 10.6. The summed E-state index contributed by atoms with van der Waals surface area (Å²) in [5.74, 6) is -0.440. The Morgan fingerprint density at radius 3 is 2.10 bits per heavy atom. The lowest BCUT2D eigenvalue weighted by Gasteiger charge is -2.28. The van der Waals surface area contributed by atoms with Crippen molar-refractivity contribution in [2.75, 3.05) is 5.32 Å². The first-order chi connectivity index (χ1) is 18.1. The lowest BCUT2D eigenvalue weighted by Crippen LogP contribution is -2.37. The molecule has 0 fully saturated rings. The summed E-state index contributed by atoms with van der Waals surface area (Å²) in [6.45, 7) is 4.89. The molecule has 0 bridgehead atoms. The number of carbonyl (C=O) groups is 1. The molecule has 0 heterocycles. The number of sulfonamides is 1. The van der Waals surface area contributed by atoms with E-state index in [-0.39, 0.29) is 29.1 Å². The van der Waals surface area contributed by atoms with E-state index in [0.29, 0.717) is 23.7 Å². The maximum atomic E-state index is 13.4. The first-order valence-electron chi connectivity index (χ1n) is 11.7. The first-order valence-corrected chi connectivity index (χ1v) is 14.6. The van der Waals surface area contributed by atoms with Gasteiger partial charge in [-0.2, -0.15) is 25.9 Å². The highest BCUT2D eigenvalue weighted by Gasteiger charge is 2.32. The fourth-order valence-electron chi connectivity index (χ4n) is 3.56. The van der Waals surface area contributed by atoms with Crippen LogP contribution in [0.1, 0.15) is 38.3 Å². The van der Waals surface area contributed by atoms with Gasteiger partial charge < -0.3 is 9.50 Å². The SMILES string of the molecule is CCC(C)N(Cc1ccc(OS(=O)(=O)c2cccc(C(F)(F)F)c2)cc1)S(=O)(=O)c1ccc(NC(C)=O)cc1. The van der Waals surface area contributed by atoms with Crippen molar-refractivity contribution >= 4 is 31.7 Å². The van der Waals surface area contributed by atoms with Gasteiger partial charge in [-0.05, 0) is 73.5 Å². The highest BCUT2D eigenvalue weighted by molar-refractivity contribution is 7.89. The Kier molecular flexibility index (Phi) is 9.08. The van der Waals surface area contributed by atoms with Crippen LogP contribution in [0.25, 0.3) is 0 Å². The summed E-state index contributed by atoms with van der Waals surface area (Å²) in [5.41, 5.74) is -0.150. The highest BCUT2D eigenvalue weighted by atomic mass is 32.2. The molecule has 3 aromatic carbocycles. The average molecular weight is 585 g/mol. The summed E-state index contributed by atoms with van der Waals surface area (Å²) >= 11 is 0. The molecule has 1 amide bonds. The van der Waals surface area contributed by atoms with Crippen LogP contribution in [0.3, 0.4) is 0 Å². The number of nitrogens with zero attached hydrogens (tertiary/aromatic N) is 1. The number of carbonyl (C=O) groups excluding carboxylic acids is 1. The van der Waals surface area contributed by atoms with Crippen LogP contribution < -0.4 is 9.50 Å². The van der Waals surface area contributed by atoms with Gasteiger partial charge in [0, 0.05) is 25.2 Å². The molecule has 0 spiro atoms. The zero-order valence-electron chi connectivity index (χ0n) is 21.3. The summed E-state index contributed by atoms with van der Waals surface area (Å²) in [6, 6.07) is 14.1. The largest absolute Gasteiger partial charge is 0.416 e. The van der Waals surface area contributed by atoms with Crippen LogP contribution in [0.5, 0.6) is 5.75 Å². The molecule has 0 aliphatic heterocycles. The van der Waals surface area contributed by atoms with Crippen molar-refractivity contribution in [1.82, 2.24) is 4.31 Å². The maximum absolute atomic E-state index is 13.4. The lowest BCUT2D eigenvalue weighted by molar-refractivity contribution is -0.137. The van der Waals surface area contributed by atoms with Gasteiger partial charge in [0.2, 0.25) is 15.9 Å². The third-order valence-corrected chi connectivity index (χ3v) is 9.00. The molecule has 0 aromatic heterocycles. The molecule has 210 valence electrons. The van der Waals surface area contributed by atoms with Gasteiger partial charge in [0.05, 0.1) is 10.5 Å². The lowest BCUT2D eigenvalue weighted by atomic mass is 10.2. The summed E-state index contributed by atoms with van der Waals surface area (Å²) < 4.78 is 97.2. The van der Waals surface area contributed by atoms with E-state index in [4.69, 9.17) is 4.18 Å².